The second-order valence-corrected chi connectivity index (χ2v) is 5.77. The first kappa shape index (κ1) is 15.4. The number of amides is 2. The number of rotatable bonds is 2. The topological polar surface area (TPSA) is 71.5 Å². The van der Waals surface area contributed by atoms with E-state index in [-0.39, 0.29) is 18.4 Å². The van der Waals surface area contributed by atoms with Gasteiger partial charge in [-0.25, -0.2) is 4.98 Å². The summed E-state index contributed by atoms with van der Waals surface area (Å²) in [4.78, 5) is 30.7. The Morgan fingerprint density at radius 3 is 2.83 bits per heavy atom. The van der Waals surface area contributed by atoms with Gasteiger partial charge in [0, 0.05) is 19.0 Å². The summed E-state index contributed by atoms with van der Waals surface area (Å²) in [7, 11) is 1.56. The van der Waals surface area contributed by atoms with Crippen LogP contribution in [0.15, 0.2) is 36.4 Å². The Labute approximate surface area is 134 Å². The SMILES string of the molecule is CNC(=O)C1(C)CN(C(=O)c2ccc3ccccc3n2)CCO1. The number of ether oxygens (including phenoxy) is 1. The van der Waals surface area contributed by atoms with E-state index in [1.807, 2.05) is 30.3 Å². The number of carbonyl (C=O) groups is 2. The maximum Gasteiger partial charge on any atom is 0.272 e. The van der Waals surface area contributed by atoms with Crippen molar-refractivity contribution in [3.05, 3.63) is 42.1 Å². The average molecular weight is 313 g/mol. The van der Waals surface area contributed by atoms with E-state index in [9.17, 15) is 9.59 Å². The van der Waals surface area contributed by atoms with Crippen LogP contribution in [-0.2, 0) is 9.53 Å². The summed E-state index contributed by atoms with van der Waals surface area (Å²) in [6, 6.07) is 11.3. The molecule has 0 radical (unpaired) electrons. The lowest BCUT2D eigenvalue weighted by atomic mass is 10.0. The maximum absolute atomic E-state index is 12.7. The van der Waals surface area contributed by atoms with Gasteiger partial charge in [-0.3, -0.25) is 9.59 Å². The lowest BCUT2D eigenvalue weighted by molar-refractivity contribution is -0.153. The number of aromatic nitrogens is 1. The van der Waals surface area contributed by atoms with Crippen LogP contribution < -0.4 is 5.32 Å². The van der Waals surface area contributed by atoms with E-state index in [0.717, 1.165) is 10.9 Å². The molecule has 6 nitrogen and oxygen atoms in total. The number of benzene rings is 1. The van der Waals surface area contributed by atoms with E-state index in [2.05, 4.69) is 10.3 Å². The molecule has 1 N–H and O–H groups in total. The first-order chi connectivity index (χ1) is 11.0. The van der Waals surface area contributed by atoms with Crippen LogP contribution in [0.5, 0.6) is 0 Å². The minimum Gasteiger partial charge on any atom is -0.362 e. The number of pyridine rings is 1. The number of carbonyl (C=O) groups excluding carboxylic acids is 2. The molecule has 6 heteroatoms. The molecule has 0 bridgehead atoms. The van der Waals surface area contributed by atoms with Crippen molar-refractivity contribution >= 4 is 22.7 Å². The van der Waals surface area contributed by atoms with Crippen LogP contribution >= 0.6 is 0 Å². The van der Waals surface area contributed by atoms with Gasteiger partial charge in [0.2, 0.25) is 0 Å². The smallest absolute Gasteiger partial charge is 0.272 e. The molecule has 2 amide bonds. The van der Waals surface area contributed by atoms with E-state index in [4.69, 9.17) is 4.74 Å². The highest BCUT2D eigenvalue weighted by Crippen LogP contribution is 2.20. The summed E-state index contributed by atoms with van der Waals surface area (Å²) in [5.41, 5.74) is 0.130. The van der Waals surface area contributed by atoms with Crippen LogP contribution in [-0.4, -0.2) is 54.0 Å². The number of likely N-dealkylation sites (N-methyl/N-ethyl adjacent to an activating group) is 1. The molecule has 2 heterocycles. The Morgan fingerprint density at radius 2 is 2.04 bits per heavy atom. The predicted octanol–water partition coefficient (Wildman–Crippen LogP) is 1.21. The van der Waals surface area contributed by atoms with Crippen LogP contribution in [0.25, 0.3) is 10.9 Å². The Balaban J connectivity index is 1.85. The summed E-state index contributed by atoms with van der Waals surface area (Å²) in [6.45, 7) is 2.67. The third-order valence-electron chi connectivity index (χ3n) is 4.09. The maximum atomic E-state index is 12.7. The Morgan fingerprint density at radius 1 is 1.26 bits per heavy atom. The number of hydrogen-bond donors (Lipinski definition) is 1. The number of morpholine rings is 1. The van der Waals surface area contributed by atoms with Gasteiger partial charge in [-0.05, 0) is 19.1 Å². The van der Waals surface area contributed by atoms with E-state index in [1.54, 1.807) is 24.9 Å². The third kappa shape index (κ3) is 2.90. The molecule has 0 spiro atoms. The fourth-order valence-corrected chi connectivity index (χ4v) is 2.79. The fraction of sp³-hybridized carbons (Fsp3) is 0.353. The molecule has 1 aromatic carbocycles. The largest absolute Gasteiger partial charge is 0.362 e. The number of fused-ring (bicyclic) bond motifs is 1. The van der Waals surface area contributed by atoms with Crippen molar-refractivity contribution in [1.82, 2.24) is 15.2 Å². The van der Waals surface area contributed by atoms with E-state index < -0.39 is 5.60 Å². The number of nitrogens with zero attached hydrogens (tertiary/aromatic N) is 2. The van der Waals surface area contributed by atoms with E-state index >= 15 is 0 Å². The quantitative estimate of drug-likeness (QED) is 0.905. The monoisotopic (exact) mass is 313 g/mol. The highest BCUT2D eigenvalue weighted by molar-refractivity contribution is 5.95. The predicted molar refractivity (Wildman–Crippen MR) is 86.1 cm³/mol. The molecule has 1 aliphatic heterocycles. The molecule has 1 aliphatic rings. The molecule has 3 rings (SSSR count). The summed E-state index contributed by atoms with van der Waals surface area (Å²) < 4.78 is 5.58. The summed E-state index contributed by atoms with van der Waals surface area (Å²) in [5, 5.41) is 3.57. The average Bonchev–Trinajstić information content (AvgIpc) is 2.60. The van der Waals surface area contributed by atoms with Gasteiger partial charge in [0.25, 0.3) is 11.8 Å². The molecule has 0 aliphatic carbocycles. The van der Waals surface area contributed by atoms with Crippen molar-refractivity contribution in [3.8, 4) is 0 Å². The molecular weight excluding hydrogens is 294 g/mol. The van der Waals surface area contributed by atoms with Gasteiger partial charge in [0.1, 0.15) is 5.69 Å². The highest BCUT2D eigenvalue weighted by Gasteiger charge is 2.40. The zero-order chi connectivity index (χ0) is 16.4. The Hall–Kier alpha value is -2.47. The van der Waals surface area contributed by atoms with Crippen molar-refractivity contribution in [2.24, 2.45) is 0 Å². The van der Waals surface area contributed by atoms with Gasteiger partial charge >= 0.3 is 0 Å². The molecule has 120 valence electrons. The normalized spacial score (nSPS) is 21.2. The molecule has 23 heavy (non-hydrogen) atoms. The molecule has 1 atom stereocenters. The van der Waals surface area contributed by atoms with Gasteiger partial charge in [-0.15, -0.1) is 0 Å². The lowest BCUT2D eigenvalue weighted by Gasteiger charge is -2.38. The number of hydrogen-bond acceptors (Lipinski definition) is 4. The van der Waals surface area contributed by atoms with Crippen molar-refractivity contribution in [3.63, 3.8) is 0 Å². The van der Waals surface area contributed by atoms with Crippen molar-refractivity contribution in [1.29, 1.82) is 0 Å². The minimum absolute atomic E-state index is 0.186. The first-order valence-electron chi connectivity index (χ1n) is 7.55. The molecule has 0 saturated carbocycles. The molecule has 1 saturated heterocycles. The fourth-order valence-electron chi connectivity index (χ4n) is 2.79. The second-order valence-electron chi connectivity index (χ2n) is 5.77. The molecular formula is C17H19N3O3. The summed E-state index contributed by atoms with van der Waals surface area (Å²) in [6.07, 6.45) is 0. The van der Waals surface area contributed by atoms with Gasteiger partial charge in [0.15, 0.2) is 5.60 Å². The van der Waals surface area contributed by atoms with Crippen LogP contribution in [0.3, 0.4) is 0 Å². The van der Waals surface area contributed by atoms with Crippen LogP contribution in [0.1, 0.15) is 17.4 Å². The third-order valence-corrected chi connectivity index (χ3v) is 4.09. The number of nitrogens with one attached hydrogen (secondary N) is 1. The molecule has 1 aromatic heterocycles. The second kappa shape index (κ2) is 5.96. The van der Waals surface area contributed by atoms with Crippen LogP contribution in [0.2, 0.25) is 0 Å². The zero-order valence-electron chi connectivity index (χ0n) is 13.2. The first-order valence-corrected chi connectivity index (χ1v) is 7.55. The zero-order valence-corrected chi connectivity index (χ0v) is 13.2. The van der Waals surface area contributed by atoms with Crippen molar-refractivity contribution in [2.45, 2.75) is 12.5 Å². The lowest BCUT2D eigenvalue weighted by Crippen LogP contribution is -2.58. The van der Waals surface area contributed by atoms with Crippen molar-refractivity contribution < 1.29 is 14.3 Å². The molecule has 1 unspecified atom stereocenters. The summed E-state index contributed by atoms with van der Waals surface area (Å²) >= 11 is 0. The number of para-hydroxylation sites is 1. The van der Waals surface area contributed by atoms with E-state index in [1.165, 1.54) is 0 Å². The molecule has 1 fully saturated rings. The Kier molecular flexibility index (Phi) is 4.00. The van der Waals surface area contributed by atoms with Gasteiger partial charge < -0.3 is 15.0 Å². The summed E-state index contributed by atoms with van der Waals surface area (Å²) in [5.74, 6) is -0.421. The van der Waals surface area contributed by atoms with Gasteiger partial charge in [-0.2, -0.15) is 0 Å². The highest BCUT2D eigenvalue weighted by atomic mass is 16.5. The standard InChI is InChI=1S/C17H19N3O3/c1-17(16(22)18-2)11-20(9-10-23-17)15(21)14-8-7-12-5-3-4-6-13(12)19-14/h3-8H,9-11H2,1-2H3,(H,18,22). The van der Waals surface area contributed by atoms with Gasteiger partial charge in [0.05, 0.1) is 18.7 Å². The van der Waals surface area contributed by atoms with Gasteiger partial charge in [-0.1, -0.05) is 24.3 Å². The van der Waals surface area contributed by atoms with Crippen LogP contribution in [0.4, 0.5) is 0 Å². The minimum atomic E-state index is -1.03. The van der Waals surface area contributed by atoms with E-state index in [0.29, 0.717) is 18.8 Å². The van der Waals surface area contributed by atoms with Crippen LogP contribution in [0, 0.1) is 0 Å². The van der Waals surface area contributed by atoms with Crippen molar-refractivity contribution in [2.75, 3.05) is 26.7 Å². The Bertz CT molecular complexity index is 762. The molecule has 2 aromatic rings.